The van der Waals surface area contributed by atoms with Gasteiger partial charge >= 0.3 is 0 Å². The van der Waals surface area contributed by atoms with Gasteiger partial charge in [0, 0.05) is 12.1 Å². The van der Waals surface area contributed by atoms with Crippen molar-refractivity contribution in [3.63, 3.8) is 0 Å². The van der Waals surface area contributed by atoms with Crippen LogP contribution in [0.15, 0.2) is 18.2 Å². The minimum Gasteiger partial charge on any atom is -0.482 e. The van der Waals surface area contributed by atoms with Crippen molar-refractivity contribution in [3.8, 4) is 5.75 Å². The number of benzene rings is 1. The van der Waals surface area contributed by atoms with Crippen molar-refractivity contribution in [1.29, 1.82) is 0 Å². The first-order chi connectivity index (χ1) is 8.65. The molecule has 2 rings (SSSR count). The van der Waals surface area contributed by atoms with E-state index in [1.807, 2.05) is 0 Å². The zero-order chi connectivity index (χ0) is 13.0. The standard InChI is InChI=1S/C13H17FN2O2/c14-9-5-6-12(11(15)7-9)18-8-13(17)16-10-3-1-2-4-10/h5-7,10H,1-4,8,15H2,(H,16,17). The topological polar surface area (TPSA) is 64.3 Å². The van der Waals surface area contributed by atoms with E-state index < -0.39 is 5.82 Å². The highest BCUT2D eigenvalue weighted by Gasteiger charge is 2.17. The van der Waals surface area contributed by atoms with Crippen molar-refractivity contribution in [3.05, 3.63) is 24.0 Å². The Morgan fingerprint density at radius 3 is 2.83 bits per heavy atom. The van der Waals surface area contributed by atoms with Gasteiger partial charge in [0.1, 0.15) is 11.6 Å². The Balaban J connectivity index is 1.81. The molecular weight excluding hydrogens is 235 g/mol. The van der Waals surface area contributed by atoms with E-state index in [1.165, 1.54) is 18.2 Å². The number of amides is 1. The van der Waals surface area contributed by atoms with E-state index in [2.05, 4.69) is 5.32 Å². The SMILES string of the molecule is Nc1cc(F)ccc1OCC(=O)NC1CCCC1. The molecular formula is C13H17FN2O2. The van der Waals surface area contributed by atoms with Crippen LogP contribution in [0.5, 0.6) is 5.75 Å². The van der Waals surface area contributed by atoms with Crippen LogP contribution in [0.2, 0.25) is 0 Å². The fourth-order valence-electron chi connectivity index (χ4n) is 2.13. The first kappa shape index (κ1) is 12.7. The molecule has 1 aliphatic rings. The quantitative estimate of drug-likeness (QED) is 0.804. The summed E-state index contributed by atoms with van der Waals surface area (Å²) >= 11 is 0. The molecule has 0 aromatic heterocycles. The zero-order valence-corrected chi connectivity index (χ0v) is 10.1. The van der Waals surface area contributed by atoms with E-state index in [0.717, 1.165) is 25.7 Å². The second kappa shape index (κ2) is 5.71. The highest BCUT2D eigenvalue weighted by atomic mass is 19.1. The van der Waals surface area contributed by atoms with Crippen molar-refractivity contribution in [2.75, 3.05) is 12.3 Å². The van der Waals surface area contributed by atoms with Crippen molar-refractivity contribution in [2.24, 2.45) is 0 Å². The van der Waals surface area contributed by atoms with Crippen LogP contribution in [0, 0.1) is 5.82 Å². The summed E-state index contributed by atoms with van der Waals surface area (Å²) in [5.41, 5.74) is 5.77. The number of hydrogen-bond donors (Lipinski definition) is 2. The predicted octanol–water partition coefficient (Wildman–Crippen LogP) is 1.85. The molecule has 1 saturated carbocycles. The Bertz CT molecular complexity index is 431. The van der Waals surface area contributed by atoms with Gasteiger partial charge in [0.25, 0.3) is 5.91 Å². The van der Waals surface area contributed by atoms with Gasteiger partial charge in [-0.2, -0.15) is 0 Å². The van der Waals surface area contributed by atoms with Crippen LogP contribution in [-0.2, 0) is 4.79 Å². The predicted molar refractivity (Wildman–Crippen MR) is 66.7 cm³/mol. The maximum Gasteiger partial charge on any atom is 0.258 e. The molecule has 0 spiro atoms. The molecule has 0 aliphatic heterocycles. The van der Waals surface area contributed by atoms with Gasteiger partial charge in [-0.25, -0.2) is 4.39 Å². The normalized spacial score (nSPS) is 15.6. The summed E-state index contributed by atoms with van der Waals surface area (Å²) in [6.07, 6.45) is 4.39. The van der Waals surface area contributed by atoms with Gasteiger partial charge in [0.2, 0.25) is 0 Å². The lowest BCUT2D eigenvalue weighted by molar-refractivity contribution is -0.123. The Kier molecular flexibility index (Phi) is 4.02. The largest absolute Gasteiger partial charge is 0.482 e. The van der Waals surface area contributed by atoms with Gasteiger partial charge in [-0.15, -0.1) is 0 Å². The lowest BCUT2D eigenvalue weighted by Gasteiger charge is -2.13. The molecule has 0 atom stereocenters. The first-order valence-electron chi connectivity index (χ1n) is 6.12. The van der Waals surface area contributed by atoms with Crippen LogP contribution in [0.4, 0.5) is 10.1 Å². The van der Waals surface area contributed by atoms with Gasteiger partial charge < -0.3 is 15.8 Å². The first-order valence-corrected chi connectivity index (χ1v) is 6.12. The molecule has 5 heteroatoms. The van der Waals surface area contributed by atoms with Crippen molar-refractivity contribution in [2.45, 2.75) is 31.7 Å². The van der Waals surface area contributed by atoms with Crippen LogP contribution in [-0.4, -0.2) is 18.6 Å². The van der Waals surface area contributed by atoms with E-state index in [0.29, 0.717) is 5.75 Å². The highest BCUT2D eigenvalue weighted by molar-refractivity contribution is 5.78. The van der Waals surface area contributed by atoms with Crippen LogP contribution in [0.1, 0.15) is 25.7 Å². The minimum absolute atomic E-state index is 0.0909. The summed E-state index contributed by atoms with van der Waals surface area (Å²) in [6.45, 7) is -0.0909. The minimum atomic E-state index is -0.421. The third-order valence-corrected chi connectivity index (χ3v) is 3.05. The Morgan fingerprint density at radius 1 is 1.44 bits per heavy atom. The van der Waals surface area contributed by atoms with Gasteiger partial charge in [0.15, 0.2) is 6.61 Å². The van der Waals surface area contributed by atoms with Crippen LogP contribution in [0.25, 0.3) is 0 Å². The molecule has 0 heterocycles. The molecule has 0 bridgehead atoms. The molecule has 1 amide bonds. The number of hydrogen-bond acceptors (Lipinski definition) is 3. The van der Waals surface area contributed by atoms with E-state index in [1.54, 1.807) is 0 Å². The summed E-state index contributed by atoms with van der Waals surface area (Å²) in [5.74, 6) is -0.251. The van der Waals surface area contributed by atoms with Gasteiger partial charge in [-0.05, 0) is 25.0 Å². The van der Waals surface area contributed by atoms with Gasteiger partial charge in [-0.3, -0.25) is 4.79 Å². The fraction of sp³-hybridized carbons (Fsp3) is 0.462. The van der Waals surface area contributed by atoms with Crippen LogP contribution >= 0.6 is 0 Å². The molecule has 1 aromatic carbocycles. The molecule has 1 aromatic rings. The molecule has 0 saturated heterocycles. The summed E-state index contributed by atoms with van der Waals surface area (Å²) in [4.78, 5) is 11.6. The lowest BCUT2D eigenvalue weighted by Crippen LogP contribution is -2.36. The fourth-order valence-corrected chi connectivity index (χ4v) is 2.13. The van der Waals surface area contributed by atoms with Crippen molar-refractivity contribution >= 4 is 11.6 Å². The molecule has 0 unspecified atom stereocenters. The molecule has 98 valence electrons. The molecule has 18 heavy (non-hydrogen) atoms. The van der Waals surface area contributed by atoms with E-state index >= 15 is 0 Å². The number of nitrogen functional groups attached to an aromatic ring is 1. The number of anilines is 1. The Hall–Kier alpha value is -1.78. The molecule has 1 aliphatic carbocycles. The maximum atomic E-state index is 12.8. The number of halogens is 1. The summed E-state index contributed by atoms with van der Waals surface area (Å²) in [7, 11) is 0. The Labute approximate surface area is 105 Å². The molecule has 0 radical (unpaired) electrons. The average Bonchev–Trinajstić information content (AvgIpc) is 2.80. The molecule has 1 fully saturated rings. The molecule has 3 N–H and O–H groups in total. The number of nitrogens with one attached hydrogen (secondary N) is 1. The second-order valence-electron chi connectivity index (χ2n) is 4.52. The summed E-state index contributed by atoms with van der Waals surface area (Å²) in [5, 5.41) is 2.90. The van der Waals surface area contributed by atoms with Crippen molar-refractivity contribution < 1.29 is 13.9 Å². The summed E-state index contributed by atoms with van der Waals surface area (Å²) < 4.78 is 18.1. The third kappa shape index (κ3) is 3.35. The molecule has 4 nitrogen and oxygen atoms in total. The monoisotopic (exact) mass is 252 g/mol. The van der Waals surface area contributed by atoms with Crippen LogP contribution in [0.3, 0.4) is 0 Å². The number of rotatable bonds is 4. The third-order valence-electron chi connectivity index (χ3n) is 3.05. The number of ether oxygens (including phenoxy) is 1. The average molecular weight is 252 g/mol. The lowest BCUT2D eigenvalue weighted by atomic mass is 10.2. The van der Waals surface area contributed by atoms with E-state index in [4.69, 9.17) is 10.5 Å². The highest BCUT2D eigenvalue weighted by Crippen LogP contribution is 2.22. The summed E-state index contributed by atoms with van der Waals surface area (Å²) in [6, 6.07) is 4.12. The number of carbonyl (C=O) groups excluding carboxylic acids is 1. The van der Waals surface area contributed by atoms with Crippen molar-refractivity contribution in [1.82, 2.24) is 5.32 Å². The second-order valence-corrected chi connectivity index (χ2v) is 4.52. The van der Waals surface area contributed by atoms with Gasteiger partial charge in [-0.1, -0.05) is 12.8 Å². The number of carbonyl (C=O) groups is 1. The van der Waals surface area contributed by atoms with E-state index in [9.17, 15) is 9.18 Å². The van der Waals surface area contributed by atoms with Gasteiger partial charge in [0.05, 0.1) is 5.69 Å². The maximum absolute atomic E-state index is 12.8. The zero-order valence-electron chi connectivity index (χ0n) is 10.1. The number of nitrogens with two attached hydrogens (primary N) is 1. The van der Waals surface area contributed by atoms with Crippen LogP contribution < -0.4 is 15.8 Å². The smallest absolute Gasteiger partial charge is 0.258 e. The van der Waals surface area contributed by atoms with E-state index in [-0.39, 0.29) is 24.2 Å². The Morgan fingerprint density at radius 2 is 2.17 bits per heavy atom.